The molecule has 0 saturated carbocycles. The molecule has 2 amide bonds. The number of anilines is 1. The van der Waals surface area contributed by atoms with Gasteiger partial charge in [0.1, 0.15) is 11.4 Å². The topological polar surface area (TPSA) is 91.1 Å². The van der Waals surface area contributed by atoms with Gasteiger partial charge in [0.25, 0.3) is 11.8 Å². The Morgan fingerprint density at radius 3 is 2.54 bits per heavy atom. The van der Waals surface area contributed by atoms with Crippen LogP contribution in [0.2, 0.25) is 0 Å². The SMILES string of the molecule is Cc1ccc2oc3c(c(=O)c2c1)C1(C(=O)N(Cc2ccccc2F)c2ccccc21)N(CCCO)C3=O. The van der Waals surface area contributed by atoms with Gasteiger partial charge in [-0.25, -0.2) is 4.39 Å². The molecule has 0 bridgehead atoms. The third-order valence-corrected chi connectivity index (χ3v) is 7.22. The molecule has 8 heteroatoms. The number of para-hydroxylation sites is 1. The Morgan fingerprint density at radius 1 is 1.00 bits per heavy atom. The summed E-state index contributed by atoms with van der Waals surface area (Å²) in [5.41, 5.74) is 0.0170. The summed E-state index contributed by atoms with van der Waals surface area (Å²) in [6, 6.07) is 18.2. The van der Waals surface area contributed by atoms with Crippen molar-refractivity contribution in [3.8, 4) is 0 Å². The molecule has 0 radical (unpaired) electrons. The van der Waals surface area contributed by atoms with E-state index in [1.165, 1.54) is 15.9 Å². The number of aliphatic hydroxyl groups is 1. The van der Waals surface area contributed by atoms with Crippen LogP contribution in [0.15, 0.2) is 75.9 Å². The van der Waals surface area contributed by atoms with Gasteiger partial charge in [-0.3, -0.25) is 14.4 Å². The van der Waals surface area contributed by atoms with Crippen molar-refractivity contribution in [2.45, 2.75) is 25.4 Å². The first-order valence-electron chi connectivity index (χ1n) is 12.0. The van der Waals surface area contributed by atoms with Crippen LogP contribution in [-0.4, -0.2) is 35.0 Å². The van der Waals surface area contributed by atoms with Crippen molar-refractivity contribution < 1.29 is 23.5 Å². The number of benzene rings is 3. The van der Waals surface area contributed by atoms with Gasteiger partial charge in [0, 0.05) is 24.3 Å². The van der Waals surface area contributed by atoms with Crippen LogP contribution in [0.4, 0.5) is 10.1 Å². The summed E-state index contributed by atoms with van der Waals surface area (Å²) < 4.78 is 20.6. The second-order valence-corrected chi connectivity index (χ2v) is 9.38. The van der Waals surface area contributed by atoms with Crippen molar-refractivity contribution in [3.63, 3.8) is 0 Å². The van der Waals surface area contributed by atoms with Crippen molar-refractivity contribution in [3.05, 3.63) is 111 Å². The van der Waals surface area contributed by atoms with Gasteiger partial charge in [-0.2, -0.15) is 0 Å². The maximum Gasteiger partial charge on any atom is 0.291 e. The Morgan fingerprint density at radius 2 is 1.76 bits per heavy atom. The number of carbonyl (C=O) groups excluding carboxylic acids is 2. The Hall–Kier alpha value is -4.30. The second kappa shape index (κ2) is 8.38. The van der Waals surface area contributed by atoms with E-state index >= 15 is 0 Å². The zero-order valence-electron chi connectivity index (χ0n) is 20.0. The van der Waals surface area contributed by atoms with Gasteiger partial charge < -0.3 is 19.3 Å². The molecule has 2 aliphatic rings. The average molecular weight is 499 g/mol. The quantitative estimate of drug-likeness (QED) is 0.451. The minimum absolute atomic E-state index is 0.0158. The highest BCUT2D eigenvalue weighted by Crippen LogP contribution is 2.53. The van der Waals surface area contributed by atoms with E-state index in [0.29, 0.717) is 16.8 Å². The van der Waals surface area contributed by atoms with Crippen LogP contribution in [0.25, 0.3) is 11.0 Å². The second-order valence-electron chi connectivity index (χ2n) is 9.38. The standard InChI is InChI=1S/C29H23FN2O5/c1-17-11-12-23-19(15-17)25(34)24-26(37-23)27(35)32(13-6-14-33)29(24)20-8-3-5-10-22(20)31(28(29)36)16-18-7-2-4-9-21(18)30/h2-5,7-12,15,33H,6,13-14,16H2,1H3. The fraction of sp³-hybridized carbons (Fsp3) is 0.207. The monoisotopic (exact) mass is 498 g/mol. The molecule has 0 fully saturated rings. The van der Waals surface area contributed by atoms with Crippen molar-refractivity contribution in [2.75, 3.05) is 18.1 Å². The maximum absolute atomic E-state index is 14.6. The molecule has 0 saturated heterocycles. The number of carbonyl (C=O) groups is 2. The van der Waals surface area contributed by atoms with Gasteiger partial charge in [0.15, 0.2) is 11.0 Å². The smallest absolute Gasteiger partial charge is 0.291 e. The summed E-state index contributed by atoms with van der Waals surface area (Å²) in [6.07, 6.45) is 0.192. The third kappa shape index (κ3) is 3.12. The Balaban J connectivity index is 1.66. The number of halogens is 1. The number of nitrogens with zero attached hydrogens (tertiary/aromatic N) is 2. The molecule has 1 atom stereocenters. The third-order valence-electron chi connectivity index (χ3n) is 7.22. The maximum atomic E-state index is 14.6. The van der Waals surface area contributed by atoms with Crippen molar-refractivity contribution >= 4 is 28.5 Å². The first kappa shape index (κ1) is 23.1. The lowest BCUT2D eigenvalue weighted by Crippen LogP contribution is -2.53. The van der Waals surface area contributed by atoms with Crippen LogP contribution in [0.1, 0.15) is 39.2 Å². The Bertz CT molecular complexity index is 1660. The molecule has 37 heavy (non-hydrogen) atoms. The van der Waals surface area contributed by atoms with E-state index in [-0.39, 0.29) is 48.4 Å². The summed E-state index contributed by atoms with van der Waals surface area (Å²) in [7, 11) is 0. The molecule has 7 nitrogen and oxygen atoms in total. The van der Waals surface area contributed by atoms with Crippen molar-refractivity contribution in [1.29, 1.82) is 0 Å². The molecular weight excluding hydrogens is 475 g/mol. The first-order chi connectivity index (χ1) is 17.9. The fourth-order valence-electron chi connectivity index (χ4n) is 5.59. The lowest BCUT2D eigenvalue weighted by molar-refractivity contribution is -0.126. The zero-order valence-corrected chi connectivity index (χ0v) is 20.0. The van der Waals surface area contributed by atoms with E-state index in [1.54, 1.807) is 60.7 Å². The first-order valence-corrected chi connectivity index (χ1v) is 12.0. The number of fused-ring (bicyclic) bond motifs is 5. The number of amides is 2. The van der Waals surface area contributed by atoms with Gasteiger partial charge in [-0.15, -0.1) is 0 Å². The summed E-state index contributed by atoms with van der Waals surface area (Å²) in [6.45, 7) is 1.56. The van der Waals surface area contributed by atoms with E-state index < -0.39 is 28.6 Å². The molecule has 0 aliphatic carbocycles. The van der Waals surface area contributed by atoms with Crippen LogP contribution in [0.5, 0.6) is 0 Å². The summed E-state index contributed by atoms with van der Waals surface area (Å²) in [4.78, 5) is 45.1. The molecule has 1 N–H and O–H groups in total. The van der Waals surface area contributed by atoms with Crippen molar-refractivity contribution in [2.24, 2.45) is 0 Å². The largest absolute Gasteiger partial charge is 0.450 e. The number of hydrogen-bond donors (Lipinski definition) is 1. The highest BCUT2D eigenvalue weighted by molar-refractivity contribution is 6.17. The van der Waals surface area contributed by atoms with E-state index in [9.17, 15) is 23.9 Å². The van der Waals surface area contributed by atoms with Gasteiger partial charge in [0.05, 0.1) is 23.2 Å². The lowest BCUT2D eigenvalue weighted by atomic mass is 9.84. The predicted molar refractivity (Wildman–Crippen MR) is 135 cm³/mol. The molecule has 6 rings (SSSR count). The molecule has 3 heterocycles. The summed E-state index contributed by atoms with van der Waals surface area (Å²) in [5, 5.41) is 9.85. The van der Waals surface area contributed by atoms with Crippen molar-refractivity contribution in [1.82, 2.24) is 4.90 Å². The fourth-order valence-corrected chi connectivity index (χ4v) is 5.59. The highest BCUT2D eigenvalue weighted by Gasteiger charge is 2.64. The Labute approximate surface area is 211 Å². The van der Waals surface area contributed by atoms with Crippen LogP contribution in [-0.2, 0) is 16.9 Å². The molecule has 1 aromatic heterocycles. The van der Waals surface area contributed by atoms with E-state index in [1.807, 2.05) is 6.92 Å². The van der Waals surface area contributed by atoms with E-state index in [0.717, 1.165) is 5.56 Å². The average Bonchev–Trinajstić information content (AvgIpc) is 3.29. The molecule has 1 unspecified atom stereocenters. The van der Waals surface area contributed by atoms with Crippen LogP contribution in [0, 0.1) is 12.7 Å². The van der Waals surface area contributed by atoms with Gasteiger partial charge >= 0.3 is 0 Å². The normalized spacial score (nSPS) is 18.2. The Kier molecular flexibility index (Phi) is 5.24. The van der Waals surface area contributed by atoms with E-state index in [2.05, 4.69) is 0 Å². The molecule has 2 aliphatic heterocycles. The molecule has 186 valence electrons. The van der Waals surface area contributed by atoms with Gasteiger partial charge in [-0.05, 0) is 37.6 Å². The number of aryl methyl sites for hydroxylation is 1. The summed E-state index contributed by atoms with van der Waals surface area (Å²) >= 11 is 0. The van der Waals surface area contributed by atoms with E-state index in [4.69, 9.17) is 4.42 Å². The van der Waals surface area contributed by atoms with Crippen LogP contribution < -0.4 is 10.3 Å². The molecule has 4 aromatic rings. The van der Waals surface area contributed by atoms with Crippen LogP contribution in [0.3, 0.4) is 0 Å². The minimum atomic E-state index is -1.79. The predicted octanol–water partition coefficient (Wildman–Crippen LogP) is 3.87. The molecule has 1 spiro atoms. The number of hydrogen-bond acceptors (Lipinski definition) is 5. The zero-order chi connectivity index (χ0) is 25.9. The number of aliphatic hydroxyl groups excluding tert-OH is 1. The lowest BCUT2D eigenvalue weighted by Gasteiger charge is -2.34. The minimum Gasteiger partial charge on any atom is -0.450 e. The highest BCUT2D eigenvalue weighted by atomic mass is 19.1. The number of rotatable bonds is 5. The van der Waals surface area contributed by atoms with Crippen LogP contribution >= 0.6 is 0 Å². The van der Waals surface area contributed by atoms with Gasteiger partial charge in [-0.1, -0.05) is 48.0 Å². The molecular formula is C29H23FN2O5. The molecule has 3 aromatic carbocycles. The summed E-state index contributed by atoms with van der Waals surface area (Å²) in [5.74, 6) is -1.79. The van der Waals surface area contributed by atoms with Gasteiger partial charge in [0.2, 0.25) is 5.76 Å².